The van der Waals surface area contributed by atoms with Gasteiger partial charge in [0.05, 0.1) is 0 Å². The molecule has 4 rings (SSSR count). The largest absolute Gasteiger partial charge is 0.504 e. The molecule has 2 aromatic carbocycles. The number of carboxylic acid groups (broad SMARTS) is 1. The summed E-state index contributed by atoms with van der Waals surface area (Å²) in [6, 6.07) is 18.6. The molecular formula is C19H13N3O3S. The second-order valence-electron chi connectivity index (χ2n) is 5.51. The van der Waals surface area contributed by atoms with E-state index in [1.54, 1.807) is 0 Å². The molecule has 0 bridgehead atoms. The van der Waals surface area contributed by atoms with Crippen LogP contribution in [0.1, 0.15) is 10.5 Å². The van der Waals surface area contributed by atoms with Gasteiger partial charge < -0.3 is 10.2 Å². The summed E-state index contributed by atoms with van der Waals surface area (Å²) in [6.07, 6.45) is 0. The van der Waals surface area contributed by atoms with Crippen LogP contribution in [0.5, 0.6) is 5.75 Å². The maximum absolute atomic E-state index is 11.2. The highest BCUT2D eigenvalue weighted by molar-refractivity contribution is 7.12. The van der Waals surface area contributed by atoms with Gasteiger partial charge in [0.1, 0.15) is 11.4 Å². The molecule has 0 aliphatic heterocycles. The summed E-state index contributed by atoms with van der Waals surface area (Å²) in [6.45, 7) is 0. The van der Waals surface area contributed by atoms with Crippen LogP contribution in [0.25, 0.3) is 27.6 Å². The van der Waals surface area contributed by atoms with E-state index >= 15 is 0 Å². The summed E-state index contributed by atoms with van der Waals surface area (Å²) in [5, 5.41) is 26.4. The van der Waals surface area contributed by atoms with E-state index in [1.165, 1.54) is 10.1 Å². The highest BCUT2D eigenvalue weighted by atomic mass is 32.1. The first-order chi connectivity index (χ1) is 12.6. The first-order valence-electron chi connectivity index (χ1n) is 7.77. The van der Waals surface area contributed by atoms with Crippen molar-refractivity contribution in [3.8, 4) is 33.4 Å². The highest BCUT2D eigenvalue weighted by Gasteiger charge is 2.23. The Hall–Kier alpha value is -3.45. The summed E-state index contributed by atoms with van der Waals surface area (Å²) >= 11 is 1.15. The average Bonchev–Trinajstić information content (AvgIpc) is 3.28. The number of aromatic nitrogens is 3. The zero-order valence-corrected chi connectivity index (χ0v) is 14.2. The van der Waals surface area contributed by atoms with Crippen molar-refractivity contribution in [3.63, 3.8) is 0 Å². The molecule has 0 unspecified atom stereocenters. The van der Waals surface area contributed by atoms with E-state index in [-0.39, 0.29) is 11.4 Å². The molecule has 0 saturated heterocycles. The molecule has 4 aromatic rings. The molecule has 128 valence electrons. The van der Waals surface area contributed by atoms with Crippen molar-refractivity contribution in [3.05, 3.63) is 71.7 Å². The van der Waals surface area contributed by atoms with E-state index in [4.69, 9.17) is 5.11 Å². The lowest BCUT2D eigenvalue weighted by molar-refractivity contribution is 0.0691. The molecule has 0 aliphatic rings. The minimum atomic E-state index is -1.10. The molecule has 2 N–H and O–H groups in total. The molecular weight excluding hydrogens is 350 g/mol. The molecule has 0 amide bonds. The van der Waals surface area contributed by atoms with Crippen LogP contribution in [0.15, 0.2) is 66.0 Å². The van der Waals surface area contributed by atoms with Gasteiger partial charge in [-0.25, -0.2) is 14.5 Å². The summed E-state index contributed by atoms with van der Waals surface area (Å²) in [4.78, 5) is 15.3. The minimum Gasteiger partial charge on any atom is -0.504 e. The predicted molar refractivity (Wildman–Crippen MR) is 98.7 cm³/mol. The number of aromatic carboxylic acids is 1. The SMILES string of the molecule is O=C(O)c1csc(-n2nc(-c3ccccc3)c(O)c2-c2ccccc2)n1. The van der Waals surface area contributed by atoms with E-state index in [9.17, 15) is 9.90 Å². The highest BCUT2D eigenvalue weighted by Crippen LogP contribution is 2.39. The third-order valence-electron chi connectivity index (χ3n) is 3.85. The fourth-order valence-electron chi connectivity index (χ4n) is 2.65. The zero-order chi connectivity index (χ0) is 18.1. The van der Waals surface area contributed by atoms with Crippen molar-refractivity contribution in [2.24, 2.45) is 0 Å². The van der Waals surface area contributed by atoms with E-state index in [2.05, 4.69) is 10.1 Å². The standard InChI is InChI=1S/C19H13N3O3S/c23-17-15(12-7-3-1-4-8-12)21-22(16(17)13-9-5-2-6-10-13)19-20-14(11-26-19)18(24)25/h1-11,23H,(H,24,25). The molecule has 0 atom stereocenters. The Labute approximate surface area is 152 Å². The van der Waals surface area contributed by atoms with Gasteiger partial charge in [0.2, 0.25) is 5.13 Å². The monoisotopic (exact) mass is 363 g/mol. The number of carboxylic acids is 1. The maximum Gasteiger partial charge on any atom is 0.355 e. The van der Waals surface area contributed by atoms with Gasteiger partial charge >= 0.3 is 5.97 Å². The number of benzene rings is 2. The minimum absolute atomic E-state index is 0.0227. The Kier molecular flexibility index (Phi) is 3.98. The number of rotatable bonds is 4. The zero-order valence-electron chi connectivity index (χ0n) is 13.4. The molecule has 7 heteroatoms. The Bertz CT molecular complexity index is 1070. The van der Waals surface area contributed by atoms with E-state index < -0.39 is 5.97 Å². The van der Waals surface area contributed by atoms with Crippen molar-refractivity contribution in [2.45, 2.75) is 0 Å². The molecule has 0 spiro atoms. The van der Waals surface area contributed by atoms with Crippen molar-refractivity contribution < 1.29 is 15.0 Å². The summed E-state index contributed by atoms with van der Waals surface area (Å²) in [7, 11) is 0. The smallest absolute Gasteiger partial charge is 0.355 e. The number of hydrogen-bond acceptors (Lipinski definition) is 5. The van der Waals surface area contributed by atoms with Gasteiger partial charge in [0.15, 0.2) is 11.4 Å². The first kappa shape index (κ1) is 16.0. The number of hydrogen-bond donors (Lipinski definition) is 2. The summed E-state index contributed by atoms with van der Waals surface area (Å²) < 4.78 is 1.49. The number of thiazole rings is 1. The first-order valence-corrected chi connectivity index (χ1v) is 8.65. The molecule has 0 aliphatic carbocycles. The van der Waals surface area contributed by atoms with Crippen LogP contribution in [-0.4, -0.2) is 30.9 Å². The maximum atomic E-state index is 11.2. The molecule has 26 heavy (non-hydrogen) atoms. The van der Waals surface area contributed by atoms with E-state index in [1.807, 2.05) is 60.7 Å². The second kappa shape index (κ2) is 6.45. The van der Waals surface area contributed by atoms with Crippen molar-refractivity contribution >= 4 is 17.3 Å². The number of carbonyl (C=O) groups is 1. The van der Waals surface area contributed by atoms with Gasteiger partial charge in [-0.1, -0.05) is 60.7 Å². The van der Waals surface area contributed by atoms with Crippen molar-refractivity contribution in [1.82, 2.24) is 14.8 Å². The fraction of sp³-hybridized carbons (Fsp3) is 0. The Balaban J connectivity index is 1.96. The van der Waals surface area contributed by atoms with Crippen LogP contribution in [-0.2, 0) is 0 Å². The molecule has 2 heterocycles. The topological polar surface area (TPSA) is 88.2 Å². The van der Waals surface area contributed by atoms with E-state index in [0.29, 0.717) is 16.5 Å². The van der Waals surface area contributed by atoms with Gasteiger partial charge in [0, 0.05) is 16.5 Å². The van der Waals surface area contributed by atoms with Gasteiger partial charge in [-0.15, -0.1) is 11.3 Å². The second-order valence-corrected chi connectivity index (χ2v) is 6.35. The van der Waals surface area contributed by atoms with Crippen LogP contribution in [0, 0.1) is 0 Å². The molecule has 0 radical (unpaired) electrons. The van der Waals surface area contributed by atoms with Crippen LogP contribution >= 0.6 is 11.3 Å². The lowest BCUT2D eigenvalue weighted by Crippen LogP contribution is -2.01. The average molecular weight is 363 g/mol. The van der Waals surface area contributed by atoms with Gasteiger partial charge in [-0.2, -0.15) is 5.10 Å². The molecule has 2 aromatic heterocycles. The predicted octanol–water partition coefficient (Wildman–Crippen LogP) is 4.07. The molecule has 0 fully saturated rings. The van der Waals surface area contributed by atoms with Crippen molar-refractivity contribution in [1.29, 1.82) is 0 Å². The van der Waals surface area contributed by atoms with Gasteiger partial charge in [-0.05, 0) is 0 Å². The van der Waals surface area contributed by atoms with Gasteiger partial charge in [-0.3, -0.25) is 0 Å². The lowest BCUT2D eigenvalue weighted by Gasteiger charge is -2.04. The van der Waals surface area contributed by atoms with Crippen LogP contribution in [0.3, 0.4) is 0 Å². The Morgan fingerprint density at radius 2 is 1.58 bits per heavy atom. The van der Waals surface area contributed by atoms with E-state index in [0.717, 1.165) is 22.5 Å². The van der Waals surface area contributed by atoms with Gasteiger partial charge in [0.25, 0.3) is 0 Å². The summed E-state index contributed by atoms with van der Waals surface area (Å²) in [5.41, 5.74) is 2.34. The van der Waals surface area contributed by atoms with Crippen LogP contribution < -0.4 is 0 Å². The normalized spacial score (nSPS) is 10.8. The lowest BCUT2D eigenvalue weighted by atomic mass is 10.1. The molecule has 6 nitrogen and oxygen atoms in total. The molecule has 0 saturated carbocycles. The fourth-order valence-corrected chi connectivity index (χ4v) is 3.41. The Morgan fingerprint density at radius 1 is 0.962 bits per heavy atom. The number of nitrogens with zero attached hydrogens (tertiary/aromatic N) is 3. The summed E-state index contributed by atoms with van der Waals surface area (Å²) in [5.74, 6) is -1.08. The number of aromatic hydroxyl groups is 1. The quantitative estimate of drug-likeness (QED) is 0.571. The van der Waals surface area contributed by atoms with Crippen molar-refractivity contribution in [2.75, 3.05) is 0 Å². The Morgan fingerprint density at radius 3 is 2.15 bits per heavy atom. The van der Waals surface area contributed by atoms with Crippen LogP contribution in [0.2, 0.25) is 0 Å². The third-order valence-corrected chi connectivity index (χ3v) is 4.66. The third kappa shape index (κ3) is 2.74. The van der Waals surface area contributed by atoms with Crippen LogP contribution in [0.4, 0.5) is 0 Å².